The second-order valence-corrected chi connectivity index (χ2v) is 8.66. The average Bonchev–Trinajstić information content (AvgIpc) is 3.14. The first-order chi connectivity index (χ1) is 14.7. The molecule has 8 nitrogen and oxygen atoms in total. The van der Waals surface area contributed by atoms with Gasteiger partial charge in [-0.15, -0.1) is 15.3 Å². The molecule has 0 bridgehead atoms. The number of nitrogens with two attached hydrogens (primary N) is 1. The molecular formula is C21H25N7OS. The average molecular weight is 424 g/mol. The second kappa shape index (κ2) is 9.71. The zero-order valence-corrected chi connectivity index (χ0v) is 17.6. The highest BCUT2D eigenvalue weighted by molar-refractivity contribution is 7.15. The molecule has 3 heterocycles. The number of pyridine rings is 1. The van der Waals surface area contributed by atoms with Gasteiger partial charge in [-0.3, -0.25) is 9.78 Å². The van der Waals surface area contributed by atoms with Gasteiger partial charge < -0.3 is 11.1 Å². The maximum absolute atomic E-state index is 12.3. The molecule has 1 amide bonds. The number of aromatic nitrogens is 5. The number of aryl methyl sites for hydroxylation is 2. The van der Waals surface area contributed by atoms with Crippen molar-refractivity contribution >= 4 is 28.2 Å². The van der Waals surface area contributed by atoms with Gasteiger partial charge >= 0.3 is 0 Å². The third-order valence-corrected chi connectivity index (χ3v) is 6.19. The minimum Gasteiger partial charge on any atom is -0.382 e. The fraction of sp³-hybridized carbons (Fsp3) is 0.429. The number of carbonyl (C=O) groups is 1. The van der Waals surface area contributed by atoms with E-state index in [9.17, 15) is 4.79 Å². The van der Waals surface area contributed by atoms with Gasteiger partial charge in [-0.25, -0.2) is 0 Å². The number of carbonyl (C=O) groups excluding carboxylic acids is 1. The predicted octanol–water partition coefficient (Wildman–Crippen LogP) is 3.32. The van der Waals surface area contributed by atoms with Crippen LogP contribution in [0.4, 0.5) is 10.9 Å². The van der Waals surface area contributed by atoms with E-state index in [0.717, 1.165) is 42.1 Å². The van der Waals surface area contributed by atoms with Crippen LogP contribution < -0.4 is 11.1 Å². The van der Waals surface area contributed by atoms with Crippen molar-refractivity contribution in [1.29, 1.82) is 0 Å². The molecule has 1 aliphatic rings. The third kappa shape index (κ3) is 5.56. The number of hydrogen-bond donors (Lipinski definition) is 2. The molecule has 0 saturated heterocycles. The zero-order valence-electron chi connectivity index (χ0n) is 16.8. The topological polar surface area (TPSA) is 120 Å². The molecule has 0 atom stereocenters. The SMILES string of the molecule is Nc1ccc(CCCCc2nnc(NC(=O)Cc3ccc(C4CCC4)cn3)s2)nn1. The van der Waals surface area contributed by atoms with E-state index < -0.39 is 0 Å². The fourth-order valence-corrected chi connectivity index (χ4v) is 4.14. The van der Waals surface area contributed by atoms with E-state index in [2.05, 4.69) is 36.8 Å². The Hall–Kier alpha value is -2.94. The zero-order chi connectivity index (χ0) is 20.8. The van der Waals surface area contributed by atoms with Crippen LogP contribution in [0.3, 0.4) is 0 Å². The first kappa shape index (κ1) is 20.3. The summed E-state index contributed by atoms with van der Waals surface area (Å²) in [7, 11) is 0. The Bertz CT molecular complexity index is 968. The van der Waals surface area contributed by atoms with Gasteiger partial charge in [0.05, 0.1) is 12.1 Å². The third-order valence-electron chi connectivity index (χ3n) is 5.29. The summed E-state index contributed by atoms with van der Waals surface area (Å²) < 4.78 is 0. The smallest absolute Gasteiger partial charge is 0.232 e. The van der Waals surface area contributed by atoms with Crippen molar-refractivity contribution in [2.24, 2.45) is 0 Å². The second-order valence-electron chi connectivity index (χ2n) is 7.59. The van der Waals surface area contributed by atoms with Crippen molar-refractivity contribution in [1.82, 2.24) is 25.4 Å². The van der Waals surface area contributed by atoms with Crippen LogP contribution in [0.15, 0.2) is 30.5 Å². The molecule has 30 heavy (non-hydrogen) atoms. The Morgan fingerprint density at radius 3 is 2.57 bits per heavy atom. The van der Waals surface area contributed by atoms with Crippen LogP contribution in [0.5, 0.6) is 0 Å². The standard InChI is InChI=1S/C21H25N7OS/c22-18-11-10-16(25-26-18)6-1-2-7-20-27-28-21(30-20)24-19(29)12-17-9-8-15(13-23-17)14-4-3-5-14/h8-11,13-14H,1-7,12H2,(H2,22,26)(H,24,28,29). The monoisotopic (exact) mass is 423 g/mol. The van der Waals surface area contributed by atoms with Gasteiger partial charge in [0.25, 0.3) is 0 Å². The number of nitrogens with zero attached hydrogens (tertiary/aromatic N) is 5. The molecule has 4 rings (SSSR count). The quantitative estimate of drug-likeness (QED) is 0.507. The first-order valence-electron chi connectivity index (χ1n) is 10.3. The summed E-state index contributed by atoms with van der Waals surface area (Å²) in [5.74, 6) is 0.965. The van der Waals surface area contributed by atoms with Crippen LogP contribution in [0, 0.1) is 0 Å². The van der Waals surface area contributed by atoms with Gasteiger partial charge in [-0.05, 0) is 61.8 Å². The molecule has 1 aliphatic carbocycles. The Balaban J connectivity index is 1.19. The van der Waals surface area contributed by atoms with E-state index >= 15 is 0 Å². The number of unbranched alkanes of at least 4 members (excludes halogenated alkanes) is 1. The maximum Gasteiger partial charge on any atom is 0.232 e. The molecule has 0 radical (unpaired) electrons. The van der Waals surface area contributed by atoms with Crippen molar-refractivity contribution in [3.63, 3.8) is 0 Å². The lowest BCUT2D eigenvalue weighted by Crippen LogP contribution is -2.15. The number of nitrogens with one attached hydrogen (secondary N) is 1. The van der Waals surface area contributed by atoms with Crippen molar-refractivity contribution < 1.29 is 4.79 Å². The molecule has 156 valence electrons. The Morgan fingerprint density at radius 2 is 1.87 bits per heavy atom. The normalized spacial score (nSPS) is 13.7. The summed E-state index contributed by atoms with van der Waals surface area (Å²) in [6.45, 7) is 0. The molecule has 3 aromatic heterocycles. The molecule has 3 aromatic rings. The largest absolute Gasteiger partial charge is 0.382 e. The summed E-state index contributed by atoms with van der Waals surface area (Å²) in [4.78, 5) is 16.7. The van der Waals surface area contributed by atoms with E-state index in [0.29, 0.717) is 16.9 Å². The van der Waals surface area contributed by atoms with Crippen LogP contribution in [0.25, 0.3) is 0 Å². The van der Waals surface area contributed by atoms with Gasteiger partial charge in [0, 0.05) is 18.3 Å². The van der Waals surface area contributed by atoms with Gasteiger partial charge in [-0.1, -0.05) is 23.8 Å². The fourth-order valence-electron chi connectivity index (χ4n) is 3.34. The number of hydrogen-bond acceptors (Lipinski definition) is 8. The van der Waals surface area contributed by atoms with E-state index in [-0.39, 0.29) is 12.3 Å². The number of amides is 1. The van der Waals surface area contributed by atoms with Crippen LogP contribution in [0.2, 0.25) is 0 Å². The summed E-state index contributed by atoms with van der Waals surface area (Å²) in [6.07, 6.45) is 9.55. The van der Waals surface area contributed by atoms with Crippen LogP contribution >= 0.6 is 11.3 Å². The minimum absolute atomic E-state index is 0.122. The molecule has 0 aromatic carbocycles. The van der Waals surface area contributed by atoms with Crippen molar-refractivity contribution in [2.75, 3.05) is 11.1 Å². The molecule has 3 N–H and O–H groups in total. The van der Waals surface area contributed by atoms with Crippen molar-refractivity contribution in [2.45, 2.75) is 57.3 Å². The lowest BCUT2D eigenvalue weighted by molar-refractivity contribution is -0.115. The lowest BCUT2D eigenvalue weighted by atomic mass is 9.81. The Kier molecular flexibility index (Phi) is 6.58. The summed E-state index contributed by atoms with van der Waals surface area (Å²) in [6, 6.07) is 7.71. The van der Waals surface area contributed by atoms with Gasteiger partial charge in [-0.2, -0.15) is 5.10 Å². The lowest BCUT2D eigenvalue weighted by Gasteiger charge is -2.25. The predicted molar refractivity (Wildman–Crippen MR) is 116 cm³/mol. The minimum atomic E-state index is -0.122. The molecule has 0 aliphatic heterocycles. The molecule has 0 spiro atoms. The molecule has 1 saturated carbocycles. The summed E-state index contributed by atoms with van der Waals surface area (Å²) in [5.41, 5.74) is 8.52. The van der Waals surface area contributed by atoms with Gasteiger partial charge in [0.2, 0.25) is 11.0 Å². The molecule has 0 unspecified atom stereocenters. The van der Waals surface area contributed by atoms with Gasteiger partial charge in [0.15, 0.2) is 0 Å². The van der Waals surface area contributed by atoms with Crippen LogP contribution in [0.1, 0.15) is 60.0 Å². The number of nitrogen functional groups attached to an aromatic ring is 1. The Morgan fingerprint density at radius 1 is 1.03 bits per heavy atom. The number of rotatable bonds is 9. The van der Waals surface area contributed by atoms with Gasteiger partial charge in [0.1, 0.15) is 10.8 Å². The summed E-state index contributed by atoms with van der Waals surface area (Å²) in [5, 5.41) is 20.4. The molecular weight excluding hydrogens is 398 g/mol. The van der Waals surface area contributed by atoms with E-state index in [1.54, 1.807) is 6.07 Å². The first-order valence-corrected chi connectivity index (χ1v) is 11.1. The highest BCUT2D eigenvalue weighted by Gasteiger charge is 2.19. The highest BCUT2D eigenvalue weighted by Crippen LogP contribution is 2.35. The summed E-state index contributed by atoms with van der Waals surface area (Å²) >= 11 is 1.42. The number of anilines is 2. The van der Waals surface area contributed by atoms with Crippen molar-refractivity contribution in [3.8, 4) is 0 Å². The highest BCUT2D eigenvalue weighted by atomic mass is 32.1. The molecule has 1 fully saturated rings. The maximum atomic E-state index is 12.3. The van der Waals surface area contributed by atoms with Crippen LogP contribution in [-0.2, 0) is 24.1 Å². The molecule has 9 heteroatoms. The Labute approximate surface area is 179 Å². The van der Waals surface area contributed by atoms with E-state index in [1.807, 2.05) is 18.3 Å². The van der Waals surface area contributed by atoms with E-state index in [1.165, 1.54) is 36.2 Å². The van der Waals surface area contributed by atoms with E-state index in [4.69, 9.17) is 5.73 Å². The van der Waals surface area contributed by atoms with Crippen molar-refractivity contribution in [3.05, 3.63) is 52.4 Å². The van der Waals surface area contributed by atoms with Crippen LogP contribution in [-0.4, -0.2) is 31.3 Å².